The van der Waals surface area contributed by atoms with Crippen LogP contribution in [-0.4, -0.2) is 71.2 Å². The number of amides is 3. The van der Waals surface area contributed by atoms with Crippen molar-refractivity contribution in [2.45, 2.75) is 64.8 Å². The molecule has 1 aromatic heterocycles. The van der Waals surface area contributed by atoms with Crippen LogP contribution in [0, 0.1) is 18.6 Å². The number of anilines is 3. The van der Waals surface area contributed by atoms with Gasteiger partial charge in [-0.3, -0.25) is 4.79 Å². The number of carbonyl (C=O) groups is 3. The molecule has 1 saturated heterocycles. The van der Waals surface area contributed by atoms with Crippen LogP contribution >= 0.6 is 0 Å². The predicted octanol–water partition coefficient (Wildman–Crippen LogP) is 5.59. The van der Waals surface area contributed by atoms with Gasteiger partial charge in [-0.1, -0.05) is 12.1 Å². The van der Waals surface area contributed by atoms with Crippen molar-refractivity contribution >= 4 is 35.4 Å². The van der Waals surface area contributed by atoms with Gasteiger partial charge in [0.05, 0.1) is 17.8 Å². The summed E-state index contributed by atoms with van der Waals surface area (Å²) in [7, 11) is 2.00. The van der Waals surface area contributed by atoms with Gasteiger partial charge in [-0.05, 0) is 77.4 Å². The standard InChI is InChI=1S/C32H34F5N7O4/c1-16(2)40-28(45)19-11-10-17(3)23(26(19)48-29(46)32(35,36)37)24-20-15-39-31(47)44(25-21(33)8-5-9-22(25)34)27(20)42-30(41-24)38-13-12-18-7-6-14-43(18)4/h5,8-11,16,18H,6-7,12-15H2,1-4H3,(H,39,47)(H,40,45)(H,38,41,42). The third kappa shape index (κ3) is 7.02. The summed E-state index contributed by atoms with van der Waals surface area (Å²) in [5.41, 5.74) is -1.20. The predicted molar refractivity (Wildman–Crippen MR) is 166 cm³/mol. The number of urea groups is 1. The summed E-state index contributed by atoms with van der Waals surface area (Å²) in [5.74, 6) is -6.71. The van der Waals surface area contributed by atoms with Crippen molar-refractivity contribution in [2.24, 2.45) is 0 Å². The fourth-order valence-electron chi connectivity index (χ4n) is 5.80. The highest BCUT2D eigenvalue weighted by Gasteiger charge is 2.43. The number of aromatic nitrogens is 2. The highest BCUT2D eigenvalue weighted by molar-refractivity contribution is 6.04. The molecule has 0 bridgehead atoms. The fourth-order valence-corrected chi connectivity index (χ4v) is 5.80. The van der Waals surface area contributed by atoms with E-state index < -0.39 is 58.8 Å². The Bertz CT molecular complexity index is 1730. The lowest BCUT2D eigenvalue weighted by molar-refractivity contribution is -0.189. The quantitative estimate of drug-likeness (QED) is 0.152. The van der Waals surface area contributed by atoms with Crippen LogP contribution in [0.3, 0.4) is 0 Å². The molecule has 48 heavy (non-hydrogen) atoms. The lowest BCUT2D eigenvalue weighted by atomic mass is 9.95. The van der Waals surface area contributed by atoms with Gasteiger partial charge < -0.3 is 25.6 Å². The minimum Gasteiger partial charge on any atom is -0.418 e. The Hall–Kier alpha value is -4.86. The number of esters is 1. The molecule has 1 fully saturated rings. The molecule has 16 heteroatoms. The van der Waals surface area contributed by atoms with Crippen molar-refractivity contribution in [3.63, 3.8) is 0 Å². The summed E-state index contributed by atoms with van der Waals surface area (Å²) >= 11 is 0. The normalized spacial score (nSPS) is 16.5. The molecule has 2 aliphatic heterocycles. The summed E-state index contributed by atoms with van der Waals surface area (Å²) in [4.78, 5) is 50.6. The number of likely N-dealkylation sites (tertiary alicyclic amines) is 1. The summed E-state index contributed by atoms with van der Waals surface area (Å²) in [5, 5.41) is 8.16. The van der Waals surface area contributed by atoms with Gasteiger partial charge in [0.2, 0.25) is 5.95 Å². The van der Waals surface area contributed by atoms with Crippen molar-refractivity contribution in [1.29, 1.82) is 0 Å². The van der Waals surface area contributed by atoms with Crippen LogP contribution in [0.15, 0.2) is 30.3 Å². The van der Waals surface area contributed by atoms with E-state index in [1.165, 1.54) is 19.1 Å². The molecule has 1 atom stereocenters. The van der Waals surface area contributed by atoms with E-state index in [9.17, 15) is 27.6 Å². The van der Waals surface area contributed by atoms with Crippen molar-refractivity contribution in [2.75, 3.05) is 30.4 Å². The molecule has 3 heterocycles. The van der Waals surface area contributed by atoms with E-state index in [1.807, 2.05) is 7.05 Å². The summed E-state index contributed by atoms with van der Waals surface area (Å²) in [6.45, 7) is 5.71. The second-order valence-corrected chi connectivity index (χ2v) is 11.9. The fraction of sp³-hybridized carbons (Fsp3) is 0.406. The van der Waals surface area contributed by atoms with E-state index in [4.69, 9.17) is 4.74 Å². The van der Waals surface area contributed by atoms with E-state index in [-0.39, 0.29) is 46.7 Å². The monoisotopic (exact) mass is 675 g/mol. The van der Waals surface area contributed by atoms with Gasteiger partial charge in [-0.15, -0.1) is 0 Å². The van der Waals surface area contributed by atoms with Gasteiger partial charge in [0, 0.05) is 29.8 Å². The first kappa shape index (κ1) is 34.5. The van der Waals surface area contributed by atoms with Crippen LogP contribution in [0.4, 0.5) is 44.2 Å². The number of halogens is 5. The summed E-state index contributed by atoms with van der Waals surface area (Å²) < 4.78 is 75.9. The zero-order valence-electron chi connectivity index (χ0n) is 26.6. The Morgan fingerprint density at radius 3 is 2.46 bits per heavy atom. The minimum absolute atomic E-state index is 0.0344. The smallest absolute Gasteiger partial charge is 0.418 e. The zero-order valence-corrected chi connectivity index (χ0v) is 26.6. The van der Waals surface area contributed by atoms with E-state index in [1.54, 1.807) is 13.8 Å². The lowest BCUT2D eigenvalue weighted by Gasteiger charge is -2.31. The maximum atomic E-state index is 15.1. The van der Waals surface area contributed by atoms with E-state index >= 15 is 8.78 Å². The Balaban J connectivity index is 1.74. The molecule has 0 spiro atoms. The van der Waals surface area contributed by atoms with Crippen LogP contribution in [0.2, 0.25) is 0 Å². The molecule has 3 N–H and O–H groups in total. The SMILES string of the molecule is Cc1ccc(C(=O)NC(C)C)c(OC(=O)C(F)(F)F)c1-c1nc(NCCC2CCCN2C)nc2c1CNC(=O)N2c1c(F)cccc1F. The van der Waals surface area contributed by atoms with Gasteiger partial charge in [-0.2, -0.15) is 18.2 Å². The van der Waals surface area contributed by atoms with Crippen LogP contribution < -0.4 is 25.6 Å². The third-order valence-corrected chi connectivity index (χ3v) is 8.10. The van der Waals surface area contributed by atoms with Gasteiger partial charge in [0.1, 0.15) is 17.3 Å². The average molecular weight is 676 g/mol. The molecular weight excluding hydrogens is 641 g/mol. The van der Waals surface area contributed by atoms with Crippen molar-refractivity contribution in [1.82, 2.24) is 25.5 Å². The maximum absolute atomic E-state index is 15.1. The van der Waals surface area contributed by atoms with E-state index in [0.717, 1.165) is 37.6 Å². The van der Waals surface area contributed by atoms with Gasteiger partial charge in [-0.25, -0.2) is 28.3 Å². The van der Waals surface area contributed by atoms with Crippen LogP contribution in [-0.2, 0) is 11.3 Å². The molecule has 3 aromatic rings. The molecule has 1 unspecified atom stereocenters. The highest BCUT2D eigenvalue weighted by Crippen LogP contribution is 2.43. The van der Waals surface area contributed by atoms with E-state index in [0.29, 0.717) is 17.9 Å². The molecule has 0 saturated carbocycles. The molecule has 2 aromatic carbocycles. The second-order valence-electron chi connectivity index (χ2n) is 11.9. The first-order valence-electron chi connectivity index (χ1n) is 15.3. The van der Waals surface area contributed by atoms with E-state index in [2.05, 4.69) is 30.8 Å². The maximum Gasteiger partial charge on any atom is 0.491 e. The van der Waals surface area contributed by atoms with Gasteiger partial charge >= 0.3 is 18.2 Å². The molecule has 5 rings (SSSR count). The van der Waals surface area contributed by atoms with Crippen LogP contribution in [0.1, 0.15) is 54.6 Å². The van der Waals surface area contributed by atoms with Crippen LogP contribution in [0.5, 0.6) is 5.75 Å². The van der Waals surface area contributed by atoms with Gasteiger partial charge in [0.25, 0.3) is 5.91 Å². The number of fused-ring (bicyclic) bond motifs is 1. The number of aryl methyl sites for hydroxylation is 1. The highest BCUT2D eigenvalue weighted by atomic mass is 19.4. The minimum atomic E-state index is -5.43. The molecule has 0 aliphatic carbocycles. The number of nitrogens with one attached hydrogen (secondary N) is 3. The molecule has 0 radical (unpaired) electrons. The first-order chi connectivity index (χ1) is 22.7. The first-order valence-corrected chi connectivity index (χ1v) is 15.3. The number of ether oxygens (including phenoxy) is 1. The summed E-state index contributed by atoms with van der Waals surface area (Å²) in [6, 6.07) is 4.56. The number of hydrogen-bond donors (Lipinski definition) is 3. The molecule has 2 aliphatic rings. The van der Waals surface area contributed by atoms with Crippen molar-refractivity contribution in [3.8, 4) is 17.0 Å². The van der Waals surface area contributed by atoms with Crippen LogP contribution in [0.25, 0.3) is 11.3 Å². The Morgan fingerprint density at radius 2 is 1.83 bits per heavy atom. The number of rotatable bonds is 9. The third-order valence-electron chi connectivity index (χ3n) is 8.10. The second kappa shape index (κ2) is 13.7. The Morgan fingerprint density at radius 1 is 1.12 bits per heavy atom. The van der Waals surface area contributed by atoms with Gasteiger partial charge in [0.15, 0.2) is 11.6 Å². The number of nitrogens with zero attached hydrogens (tertiary/aromatic N) is 4. The number of alkyl halides is 3. The Labute approximate surface area is 272 Å². The average Bonchev–Trinajstić information content (AvgIpc) is 3.41. The van der Waals surface area contributed by atoms with Crippen molar-refractivity contribution in [3.05, 3.63) is 58.7 Å². The topological polar surface area (TPSA) is 129 Å². The van der Waals surface area contributed by atoms with Crippen molar-refractivity contribution < 1.29 is 41.1 Å². The molecule has 3 amide bonds. The summed E-state index contributed by atoms with van der Waals surface area (Å²) in [6.07, 6.45) is -2.77. The number of hydrogen-bond acceptors (Lipinski definition) is 8. The number of para-hydroxylation sites is 1. The number of carbonyl (C=O) groups excluding carboxylic acids is 3. The molecule has 256 valence electrons. The largest absolute Gasteiger partial charge is 0.491 e. The zero-order chi connectivity index (χ0) is 34.9. The molecule has 11 nitrogen and oxygen atoms in total. The lowest BCUT2D eigenvalue weighted by Crippen LogP contribution is -2.43. The molecular formula is C32H34F5N7O4. The Kier molecular flexibility index (Phi) is 9.84. The number of benzene rings is 2.